The molecule has 3 heterocycles. The molecule has 0 atom stereocenters. The Bertz CT molecular complexity index is 1490. The Hall–Kier alpha value is -3.43. The molecule has 0 aliphatic rings. The number of carbonyl (C=O) groups is 2. The first-order valence-corrected chi connectivity index (χ1v) is 13.0. The molecule has 1 N–H and O–H groups in total. The number of Topliss-reactive ketones (excluding diaryl/α,β-unsaturated/α-hetero) is 1. The predicted molar refractivity (Wildman–Crippen MR) is 146 cm³/mol. The number of aromatic nitrogens is 5. The molecule has 0 fully saturated rings. The first-order chi connectivity index (χ1) is 17.9. The third-order valence-corrected chi connectivity index (χ3v) is 6.12. The van der Waals surface area contributed by atoms with Gasteiger partial charge in [0.05, 0.1) is 22.6 Å². The van der Waals surface area contributed by atoms with Gasteiger partial charge in [-0.3, -0.25) is 4.79 Å². The third kappa shape index (κ3) is 6.71. The number of halogens is 2. The molecule has 1 amide bonds. The number of alkyl carbamates (subject to hydrolysis) is 1. The largest absolute Gasteiger partial charge is 0.444 e. The summed E-state index contributed by atoms with van der Waals surface area (Å²) in [6, 6.07) is 7.15. The standard InChI is InChI=1S/C27H30Cl2N6O3/c1-16(2)25-19(14-30-24-11-23(29)33-35(24)25)10-20(36)8-17-6-7-22(21(28)9-17)34-15-18(13-32-34)12-31-26(37)38-27(3,4)5/h6-7,9,11,13-16H,8,10,12H2,1-5H3,(H,31,37). The number of fused-ring (bicyclic) bond motifs is 1. The Morgan fingerprint density at radius 3 is 2.53 bits per heavy atom. The summed E-state index contributed by atoms with van der Waals surface area (Å²) in [5.41, 5.74) is 4.07. The second-order valence-electron chi connectivity index (χ2n) is 10.4. The number of hydrogen-bond donors (Lipinski definition) is 1. The van der Waals surface area contributed by atoms with Gasteiger partial charge in [-0.15, -0.1) is 0 Å². The minimum atomic E-state index is -0.569. The molecule has 0 saturated carbocycles. The Balaban J connectivity index is 1.42. The lowest BCUT2D eigenvalue weighted by atomic mass is 9.98. The average Bonchev–Trinajstić information content (AvgIpc) is 3.42. The maximum absolute atomic E-state index is 13.0. The van der Waals surface area contributed by atoms with Gasteiger partial charge in [0.1, 0.15) is 11.4 Å². The van der Waals surface area contributed by atoms with Crippen molar-refractivity contribution in [2.45, 2.75) is 65.5 Å². The molecule has 0 unspecified atom stereocenters. The van der Waals surface area contributed by atoms with Crippen LogP contribution in [0.15, 0.2) is 42.9 Å². The lowest BCUT2D eigenvalue weighted by Gasteiger charge is -2.19. The Kier molecular flexibility index (Phi) is 8.08. The number of rotatable bonds is 8. The number of nitrogens with zero attached hydrogens (tertiary/aromatic N) is 5. The molecule has 4 aromatic rings. The predicted octanol–water partition coefficient (Wildman–Crippen LogP) is 5.72. The molecular formula is C27H30Cl2N6O3. The van der Waals surface area contributed by atoms with Gasteiger partial charge in [0.15, 0.2) is 10.8 Å². The fourth-order valence-electron chi connectivity index (χ4n) is 4.13. The Morgan fingerprint density at radius 2 is 1.84 bits per heavy atom. The van der Waals surface area contributed by atoms with Gasteiger partial charge < -0.3 is 10.1 Å². The SMILES string of the molecule is CC(C)c1c(CC(=O)Cc2ccc(-n3cc(CNC(=O)OC(C)(C)C)cn3)c(Cl)c2)cnc2cc(Cl)nn12. The van der Waals surface area contributed by atoms with Gasteiger partial charge >= 0.3 is 6.09 Å². The zero-order chi connectivity index (χ0) is 27.6. The van der Waals surface area contributed by atoms with Crippen LogP contribution < -0.4 is 5.32 Å². The smallest absolute Gasteiger partial charge is 0.407 e. The zero-order valence-electron chi connectivity index (χ0n) is 22.0. The van der Waals surface area contributed by atoms with Crippen molar-refractivity contribution in [3.8, 4) is 5.69 Å². The van der Waals surface area contributed by atoms with Crippen molar-refractivity contribution in [2.75, 3.05) is 0 Å². The van der Waals surface area contributed by atoms with Crippen LogP contribution in [-0.2, 0) is 28.9 Å². The van der Waals surface area contributed by atoms with Gasteiger partial charge in [-0.1, -0.05) is 43.1 Å². The topological polar surface area (TPSA) is 103 Å². The normalized spacial score (nSPS) is 11.8. The highest BCUT2D eigenvalue weighted by Gasteiger charge is 2.18. The van der Waals surface area contributed by atoms with Crippen molar-refractivity contribution in [3.63, 3.8) is 0 Å². The van der Waals surface area contributed by atoms with E-state index in [0.717, 1.165) is 22.4 Å². The van der Waals surface area contributed by atoms with E-state index in [1.165, 1.54) is 0 Å². The van der Waals surface area contributed by atoms with Gasteiger partial charge in [0.2, 0.25) is 0 Å². The minimum absolute atomic E-state index is 0.0321. The summed E-state index contributed by atoms with van der Waals surface area (Å²) in [7, 11) is 0. The van der Waals surface area contributed by atoms with E-state index in [4.69, 9.17) is 27.9 Å². The van der Waals surface area contributed by atoms with Crippen molar-refractivity contribution in [1.82, 2.24) is 29.7 Å². The summed E-state index contributed by atoms with van der Waals surface area (Å²) in [6.45, 7) is 9.78. The van der Waals surface area contributed by atoms with Crippen LogP contribution >= 0.6 is 23.2 Å². The van der Waals surface area contributed by atoms with Crippen molar-refractivity contribution < 1.29 is 14.3 Å². The second-order valence-corrected chi connectivity index (χ2v) is 11.2. The molecule has 1 aromatic carbocycles. The Labute approximate surface area is 231 Å². The molecule has 4 rings (SSSR count). The molecule has 3 aromatic heterocycles. The fraction of sp³-hybridized carbons (Fsp3) is 0.370. The zero-order valence-corrected chi connectivity index (χ0v) is 23.5. The molecular weight excluding hydrogens is 527 g/mol. The molecule has 9 nitrogen and oxygen atoms in total. The summed E-state index contributed by atoms with van der Waals surface area (Å²) >= 11 is 12.6. The fourth-order valence-corrected chi connectivity index (χ4v) is 4.59. The van der Waals surface area contributed by atoms with Crippen molar-refractivity contribution in [3.05, 3.63) is 75.4 Å². The van der Waals surface area contributed by atoms with Crippen LogP contribution in [0.2, 0.25) is 10.2 Å². The van der Waals surface area contributed by atoms with E-state index in [9.17, 15) is 9.59 Å². The van der Waals surface area contributed by atoms with E-state index in [1.807, 2.05) is 26.0 Å². The molecule has 0 radical (unpaired) electrons. The highest BCUT2D eigenvalue weighted by Crippen LogP contribution is 2.25. The van der Waals surface area contributed by atoms with Gasteiger partial charge in [-0.05, 0) is 49.9 Å². The molecule has 0 saturated heterocycles. The maximum Gasteiger partial charge on any atom is 0.407 e. The van der Waals surface area contributed by atoms with Crippen LogP contribution in [0, 0.1) is 0 Å². The highest BCUT2D eigenvalue weighted by atomic mass is 35.5. The van der Waals surface area contributed by atoms with Crippen LogP contribution in [0.25, 0.3) is 11.3 Å². The van der Waals surface area contributed by atoms with E-state index in [1.54, 1.807) is 60.7 Å². The number of ketones is 1. The molecule has 0 bridgehead atoms. The molecule has 0 aliphatic heterocycles. The average molecular weight is 557 g/mol. The summed E-state index contributed by atoms with van der Waals surface area (Å²) in [4.78, 5) is 29.3. The van der Waals surface area contributed by atoms with Crippen LogP contribution in [0.4, 0.5) is 4.79 Å². The summed E-state index contributed by atoms with van der Waals surface area (Å²) in [6.07, 6.45) is 5.10. The van der Waals surface area contributed by atoms with Gasteiger partial charge in [-0.2, -0.15) is 10.2 Å². The van der Waals surface area contributed by atoms with Crippen molar-refractivity contribution in [2.24, 2.45) is 0 Å². The van der Waals surface area contributed by atoms with E-state index in [-0.39, 0.29) is 31.1 Å². The summed E-state index contributed by atoms with van der Waals surface area (Å²) in [5.74, 6) is 0.163. The quantitative estimate of drug-likeness (QED) is 0.297. The lowest BCUT2D eigenvalue weighted by Crippen LogP contribution is -2.32. The number of benzene rings is 1. The molecule has 0 spiro atoms. The number of amides is 1. The maximum atomic E-state index is 13.0. The second kappa shape index (κ2) is 11.1. The van der Waals surface area contributed by atoms with E-state index in [0.29, 0.717) is 21.5 Å². The molecule has 200 valence electrons. The van der Waals surface area contributed by atoms with E-state index >= 15 is 0 Å². The highest BCUT2D eigenvalue weighted by molar-refractivity contribution is 6.32. The minimum Gasteiger partial charge on any atom is -0.444 e. The van der Waals surface area contributed by atoms with Crippen molar-refractivity contribution in [1.29, 1.82) is 0 Å². The van der Waals surface area contributed by atoms with Crippen LogP contribution in [0.3, 0.4) is 0 Å². The van der Waals surface area contributed by atoms with Crippen LogP contribution in [0.1, 0.15) is 62.9 Å². The monoisotopic (exact) mass is 556 g/mol. The lowest BCUT2D eigenvalue weighted by molar-refractivity contribution is -0.117. The van der Waals surface area contributed by atoms with E-state index in [2.05, 4.69) is 20.5 Å². The van der Waals surface area contributed by atoms with E-state index < -0.39 is 11.7 Å². The number of hydrogen-bond acceptors (Lipinski definition) is 6. The van der Waals surface area contributed by atoms with Crippen LogP contribution in [0.5, 0.6) is 0 Å². The third-order valence-electron chi connectivity index (χ3n) is 5.64. The first-order valence-electron chi connectivity index (χ1n) is 12.2. The molecule has 11 heteroatoms. The number of nitrogens with one attached hydrogen (secondary N) is 1. The molecule has 38 heavy (non-hydrogen) atoms. The van der Waals surface area contributed by atoms with Gasteiger partial charge in [0, 0.05) is 43.4 Å². The first kappa shape index (κ1) is 27.6. The van der Waals surface area contributed by atoms with Gasteiger partial charge in [-0.25, -0.2) is 19.0 Å². The van der Waals surface area contributed by atoms with Gasteiger partial charge in [0.25, 0.3) is 0 Å². The number of carbonyl (C=O) groups excluding carboxylic acids is 2. The van der Waals surface area contributed by atoms with Crippen molar-refractivity contribution >= 4 is 40.7 Å². The molecule has 0 aliphatic carbocycles. The van der Waals surface area contributed by atoms with Crippen LogP contribution in [-0.4, -0.2) is 41.9 Å². The summed E-state index contributed by atoms with van der Waals surface area (Å²) in [5, 5.41) is 12.2. The summed E-state index contributed by atoms with van der Waals surface area (Å²) < 4.78 is 8.59. The number of ether oxygens (including phenoxy) is 1. The Morgan fingerprint density at radius 1 is 1.08 bits per heavy atom.